The number of amides is 1. The van der Waals surface area contributed by atoms with Crippen molar-refractivity contribution in [3.05, 3.63) is 50.3 Å². The number of benzene rings is 1. The molecule has 0 saturated carbocycles. The molecule has 4 rings (SSSR count). The van der Waals surface area contributed by atoms with Gasteiger partial charge in [0, 0.05) is 54.3 Å². The Labute approximate surface area is 161 Å². The van der Waals surface area contributed by atoms with E-state index in [1.165, 1.54) is 24.3 Å². The Bertz CT molecular complexity index is 948. The van der Waals surface area contributed by atoms with Gasteiger partial charge >= 0.3 is 0 Å². The Morgan fingerprint density at radius 3 is 2.52 bits per heavy atom. The molecule has 1 aromatic heterocycles. The van der Waals surface area contributed by atoms with Crippen LogP contribution in [0, 0.1) is 10.1 Å². The van der Waals surface area contributed by atoms with Crippen LogP contribution in [0.2, 0.25) is 0 Å². The Kier molecular flexibility index (Phi) is 5.21. The van der Waals surface area contributed by atoms with Gasteiger partial charge in [0.1, 0.15) is 0 Å². The smallest absolute Gasteiger partial charge is 0.270 e. The van der Waals surface area contributed by atoms with Gasteiger partial charge in [0.15, 0.2) is 0 Å². The van der Waals surface area contributed by atoms with Crippen molar-refractivity contribution in [3.8, 4) is 0 Å². The molecule has 1 amide bonds. The van der Waals surface area contributed by atoms with Crippen molar-refractivity contribution in [1.82, 2.24) is 15.2 Å². The zero-order valence-electron chi connectivity index (χ0n) is 14.8. The minimum Gasteiger partial charge on any atom is -0.339 e. The number of hydrogen-bond donors (Lipinski definition) is 2. The second-order valence-corrected chi connectivity index (χ2v) is 7.21. The van der Waals surface area contributed by atoms with E-state index >= 15 is 0 Å². The average molecular weight is 393 g/mol. The molecular formula is C18H21ClN4O4. The molecule has 2 N–H and O–H groups in total. The molecule has 27 heavy (non-hydrogen) atoms. The maximum absolute atomic E-state index is 13.1. The van der Waals surface area contributed by atoms with Crippen LogP contribution >= 0.6 is 12.4 Å². The molecule has 2 aliphatic heterocycles. The molecule has 2 bridgehead atoms. The summed E-state index contributed by atoms with van der Waals surface area (Å²) in [5.41, 5.74) is 0.126. The zero-order valence-corrected chi connectivity index (χ0v) is 15.6. The molecule has 2 saturated heterocycles. The van der Waals surface area contributed by atoms with Gasteiger partial charge in [0.05, 0.1) is 10.5 Å². The summed E-state index contributed by atoms with van der Waals surface area (Å²) < 4.78 is 0. The van der Waals surface area contributed by atoms with E-state index in [0.29, 0.717) is 23.0 Å². The van der Waals surface area contributed by atoms with Crippen molar-refractivity contribution in [2.24, 2.45) is 0 Å². The fourth-order valence-corrected chi connectivity index (χ4v) is 4.23. The zero-order chi connectivity index (χ0) is 18.4. The minimum absolute atomic E-state index is 0. The predicted octanol–water partition coefficient (Wildman–Crippen LogP) is 2.21. The van der Waals surface area contributed by atoms with Crippen molar-refractivity contribution in [2.75, 3.05) is 7.05 Å². The number of piperidine rings is 1. The number of halogens is 1. The van der Waals surface area contributed by atoms with Gasteiger partial charge in [-0.1, -0.05) is 0 Å². The van der Waals surface area contributed by atoms with Crippen LogP contribution in [0.4, 0.5) is 5.69 Å². The number of nitro benzene ring substituents is 1. The van der Waals surface area contributed by atoms with E-state index in [0.717, 1.165) is 25.7 Å². The molecule has 9 heteroatoms. The summed E-state index contributed by atoms with van der Waals surface area (Å²) in [6.45, 7) is 0. The standard InChI is InChI=1S/C18H20N4O4.ClH/c1-21(13-6-10-2-3-11(7-13)19-10)18(24)15-9-17(23)20-16-5-4-12(22(25)26)8-14(15)16;/h4-5,8-11,13,19H,2-3,6-7H2,1H3,(H,20,23);1H. The van der Waals surface area contributed by atoms with Crippen molar-refractivity contribution >= 4 is 34.9 Å². The third kappa shape index (κ3) is 3.54. The molecule has 0 spiro atoms. The van der Waals surface area contributed by atoms with E-state index in [2.05, 4.69) is 10.3 Å². The first-order valence-corrected chi connectivity index (χ1v) is 8.77. The molecule has 0 radical (unpaired) electrons. The van der Waals surface area contributed by atoms with Gasteiger partial charge in [0.2, 0.25) is 5.56 Å². The second-order valence-electron chi connectivity index (χ2n) is 7.21. The lowest BCUT2D eigenvalue weighted by atomic mass is 9.97. The molecule has 2 aromatic rings. The monoisotopic (exact) mass is 392 g/mol. The average Bonchev–Trinajstić information content (AvgIpc) is 2.97. The maximum atomic E-state index is 13.1. The number of non-ortho nitro benzene ring substituents is 1. The summed E-state index contributed by atoms with van der Waals surface area (Å²) in [5, 5.41) is 15.0. The number of carbonyl (C=O) groups is 1. The largest absolute Gasteiger partial charge is 0.339 e. The number of pyridine rings is 1. The van der Waals surface area contributed by atoms with Crippen LogP contribution in [0.15, 0.2) is 29.1 Å². The van der Waals surface area contributed by atoms with E-state index in [4.69, 9.17) is 0 Å². The molecule has 3 heterocycles. The number of nitro groups is 1. The topological polar surface area (TPSA) is 108 Å². The lowest BCUT2D eigenvalue weighted by Crippen LogP contribution is -2.48. The van der Waals surface area contributed by atoms with Crippen LogP contribution in [-0.2, 0) is 0 Å². The van der Waals surface area contributed by atoms with Gasteiger partial charge in [-0.25, -0.2) is 0 Å². The van der Waals surface area contributed by atoms with Crippen LogP contribution in [0.3, 0.4) is 0 Å². The van der Waals surface area contributed by atoms with Crippen molar-refractivity contribution < 1.29 is 9.72 Å². The van der Waals surface area contributed by atoms with Gasteiger partial charge < -0.3 is 15.2 Å². The normalized spacial score (nSPS) is 23.7. The van der Waals surface area contributed by atoms with Crippen LogP contribution < -0.4 is 10.9 Å². The maximum Gasteiger partial charge on any atom is 0.270 e. The first kappa shape index (κ1) is 19.3. The Balaban J connectivity index is 0.00000210. The van der Waals surface area contributed by atoms with Crippen LogP contribution in [-0.4, -0.2) is 45.9 Å². The Hall–Kier alpha value is -2.45. The summed E-state index contributed by atoms with van der Waals surface area (Å²) in [6, 6.07) is 6.35. The van der Waals surface area contributed by atoms with Gasteiger partial charge in [-0.05, 0) is 31.7 Å². The van der Waals surface area contributed by atoms with E-state index in [1.807, 2.05) is 0 Å². The van der Waals surface area contributed by atoms with Gasteiger partial charge in [-0.15, -0.1) is 12.4 Å². The lowest BCUT2D eigenvalue weighted by molar-refractivity contribution is -0.384. The minimum atomic E-state index is -0.507. The fraction of sp³-hybridized carbons (Fsp3) is 0.444. The van der Waals surface area contributed by atoms with Gasteiger partial charge in [-0.2, -0.15) is 0 Å². The van der Waals surface area contributed by atoms with Crippen LogP contribution in [0.1, 0.15) is 36.0 Å². The number of nitrogens with one attached hydrogen (secondary N) is 2. The molecule has 2 fully saturated rings. The molecule has 2 aliphatic rings. The molecule has 1 aromatic carbocycles. The van der Waals surface area contributed by atoms with E-state index in [9.17, 15) is 19.7 Å². The third-order valence-electron chi connectivity index (χ3n) is 5.58. The highest BCUT2D eigenvalue weighted by molar-refractivity contribution is 6.06. The number of nitrogens with zero attached hydrogens (tertiary/aromatic N) is 2. The van der Waals surface area contributed by atoms with Crippen molar-refractivity contribution in [3.63, 3.8) is 0 Å². The number of fused-ring (bicyclic) bond motifs is 3. The second kappa shape index (κ2) is 7.28. The fourth-order valence-electron chi connectivity index (χ4n) is 4.23. The Morgan fingerprint density at radius 1 is 1.22 bits per heavy atom. The summed E-state index contributed by atoms with van der Waals surface area (Å²) >= 11 is 0. The summed E-state index contributed by atoms with van der Waals surface area (Å²) in [5.74, 6) is -0.270. The molecular weight excluding hydrogens is 372 g/mol. The third-order valence-corrected chi connectivity index (χ3v) is 5.58. The summed E-state index contributed by atoms with van der Waals surface area (Å²) in [7, 11) is 1.75. The van der Waals surface area contributed by atoms with E-state index < -0.39 is 10.5 Å². The molecule has 2 atom stereocenters. The molecule has 0 aliphatic carbocycles. The first-order chi connectivity index (χ1) is 12.4. The number of aromatic nitrogens is 1. The molecule has 144 valence electrons. The van der Waals surface area contributed by atoms with E-state index in [-0.39, 0.29) is 35.6 Å². The first-order valence-electron chi connectivity index (χ1n) is 8.77. The number of carbonyl (C=O) groups excluding carboxylic acids is 1. The number of rotatable bonds is 3. The number of aromatic amines is 1. The number of H-pyrrole nitrogens is 1. The van der Waals surface area contributed by atoms with Crippen LogP contribution in [0.25, 0.3) is 10.9 Å². The number of hydrogen-bond acceptors (Lipinski definition) is 5. The highest BCUT2D eigenvalue weighted by atomic mass is 35.5. The van der Waals surface area contributed by atoms with Gasteiger partial charge in [-0.3, -0.25) is 19.7 Å². The van der Waals surface area contributed by atoms with Crippen LogP contribution in [0.5, 0.6) is 0 Å². The quantitative estimate of drug-likeness (QED) is 0.615. The highest BCUT2D eigenvalue weighted by Gasteiger charge is 2.36. The van der Waals surface area contributed by atoms with E-state index in [1.54, 1.807) is 11.9 Å². The summed E-state index contributed by atoms with van der Waals surface area (Å²) in [6.07, 6.45) is 4.03. The van der Waals surface area contributed by atoms with Crippen molar-refractivity contribution in [1.29, 1.82) is 0 Å². The lowest BCUT2D eigenvalue weighted by Gasteiger charge is -2.35. The van der Waals surface area contributed by atoms with Gasteiger partial charge in [0.25, 0.3) is 11.6 Å². The Morgan fingerprint density at radius 2 is 1.89 bits per heavy atom. The predicted molar refractivity (Wildman–Crippen MR) is 104 cm³/mol. The molecule has 2 unspecified atom stereocenters. The highest BCUT2D eigenvalue weighted by Crippen LogP contribution is 2.30. The SMILES string of the molecule is CN(C(=O)c1cc(=O)[nH]c2ccc([N+](=O)[O-])cc12)C1CC2CCC(C1)N2.Cl. The molecule has 8 nitrogen and oxygen atoms in total. The van der Waals surface area contributed by atoms with Crippen molar-refractivity contribution in [2.45, 2.75) is 43.8 Å². The summed E-state index contributed by atoms with van der Waals surface area (Å²) in [4.78, 5) is 40.0.